The molecule has 1 aliphatic heterocycles. The summed E-state index contributed by atoms with van der Waals surface area (Å²) in [7, 11) is 1.62. The SMILES string of the molecule is COc1cccc(C2NC(=O)N(Cc3ccccc3C)C(C)=C2c2nc(-c3ccccc3)no2)c1. The second kappa shape index (κ2) is 9.46. The van der Waals surface area contributed by atoms with Crippen molar-refractivity contribution in [3.05, 3.63) is 107 Å². The van der Waals surface area contributed by atoms with Crippen molar-refractivity contribution in [2.45, 2.75) is 26.4 Å². The first kappa shape index (κ1) is 22.4. The highest BCUT2D eigenvalue weighted by molar-refractivity contribution is 5.87. The fourth-order valence-electron chi connectivity index (χ4n) is 4.32. The van der Waals surface area contributed by atoms with Crippen LogP contribution in [0.15, 0.2) is 89.1 Å². The normalized spacial score (nSPS) is 15.8. The number of ether oxygens (including phenoxy) is 1. The lowest BCUT2D eigenvalue weighted by molar-refractivity contribution is 0.203. The molecule has 7 heteroatoms. The molecule has 7 nitrogen and oxygen atoms in total. The second-order valence-electron chi connectivity index (χ2n) is 8.46. The summed E-state index contributed by atoms with van der Waals surface area (Å²) < 4.78 is 11.2. The van der Waals surface area contributed by atoms with Crippen molar-refractivity contribution >= 4 is 11.6 Å². The molecule has 0 bridgehead atoms. The minimum absolute atomic E-state index is 0.190. The molecule has 4 aromatic rings. The molecule has 176 valence electrons. The van der Waals surface area contributed by atoms with E-state index in [0.29, 0.717) is 24.0 Å². The van der Waals surface area contributed by atoms with Gasteiger partial charge in [0.25, 0.3) is 5.89 Å². The molecule has 1 aromatic heterocycles. The maximum Gasteiger partial charge on any atom is 0.322 e. The van der Waals surface area contributed by atoms with E-state index in [9.17, 15) is 4.79 Å². The Labute approximate surface area is 204 Å². The van der Waals surface area contributed by atoms with E-state index in [2.05, 4.69) is 10.5 Å². The van der Waals surface area contributed by atoms with Crippen molar-refractivity contribution in [1.29, 1.82) is 0 Å². The number of aromatic nitrogens is 2. The fraction of sp³-hybridized carbons (Fsp3) is 0.179. The molecular weight excluding hydrogens is 440 g/mol. The average Bonchev–Trinajstić information content (AvgIpc) is 3.37. The van der Waals surface area contributed by atoms with Crippen LogP contribution in [-0.4, -0.2) is 28.2 Å². The number of carbonyl (C=O) groups is 1. The van der Waals surface area contributed by atoms with Crippen molar-refractivity contribution in [3.63, 3.8) is 0 Å². The van der Waals surface area contributed by atoms with Gasteiger partial charge in [-0.05, 0) is 42.7 Å². The third-order valence-corrected chi connectivity index (χ3v) is 6.30. The topological polar surface area (TPSA) is 80.5 Å². The lowest BCUT2D eigenvalue weighted by atomic mass is 9.94. The maximum atomic E-state index is 13.3. The number of benzene rings is 3. The van der Waals surface area contributed by atoms with E-state index < -0.39 is 6.04 Å². The van der Waals surface area contributed by atoms with Gasteiger partial charge in [0, 0.05) is 11.3 Å². The highest BCUT2D eigenvalue weighted by Gasteiger charge is 2.36. The van der Waals surface area contributed by atoms with E-state index in [1.807, 2.05) is 92.7 Å². The summed E-state index contributed by atoms with van der Waals surface area (Å²) in [5, 5.41) is 7.37. The molecular formula is C28H26N4O3. The van der Waals surface area contributed by atoms with Crippen LogP contribution < -0.4 is 10.1 Å². The molecule has 0 aliphatic carbocycles. The summed E-state index contributed by atoms with van der Waals surface area (Å²) in [4.78, 5) is 19.8. The van der Waals surface area contributed by atoms with E-state index in [-0.39, 0.29) is 6.03 Å². The van der Waals surface area contributed by atoms with Gasteiger partial charge in [-0.25, -0.2) is 4.79 Å². The van der Waals surface area contributed by atoms with E-state index in [1.165, 1.54) is 0 Å². The minimum Gasteiger partial charge on any atom is -0.497 e. The third kappa shape index (κ3) is 4.40. The number of hydrogen-bond donors (Lipinski definition) is 1. The zero-order valence-corrected chi connectivity index (χ0v) is 19.9. The zero-order chi connectivity index (χ0) is 24.4. The Bertz CT molecular complexity index is 1390. The van der Waals surface area contributed by atoms with Crippen molar-refractivity contribution in [1.82, 2.24) is 20.4 Å². The predicted molar refractivity (Wildman–Crippen MR) is 133 cm³/mol. The minimum atomic E-state index is -0.477. The van der Waals surface area contributed by atoms with E-state index in [4.69, 9.17) is 14.2 Å². The van der Waals surface area contributed by atoms with Gasteiger partial charge in [0.1, 0.15) is 5.75 Å². The Balaban J connectivity index is 1.62. The van der Waals surface area contributed by atoms with Gasteiger partial charge in [0.15, 0.2) is 0 Å². The molecule has 3 aromatic carbocycles. The van der Waals surface area contributed by atoms with Crippen LogP contribution >= 0.6 is 0 Å². The summed E-state index contributed by atoms with van der Waals surface area (Å²) in [6.07, 6.45) is 0. The Kier molecular flexibility index (Phi) is 6.06. The summed E-state index contributed by atoms with van der Waals surface area (Å²) in [6, 6.07) is 24.7. The predicted octanol–water partition coefficient (Wildman–Crippen LogP) is 5.75. The molecule has 1 unspecified atom stereocenters. The van der Waals surface area contributed by atoms with E-state index in [0.717, 1.165) is 33.5 Å². The first-order chi connectivity index (χ1) is 17.0. The van der Waals surface area contributed by atoms with Crippen LogP contribution in [-0.2, 0) is 6.54 Å². The van der Waals surface area contributed by atoms with E-state index in [1.54, 1.807) is 12.0 Å². The molecule has 0 fully saturated rings. The molecule has 1 aliphatic rings. The molecule has 0 radical (unpaired) electrons. The van der Waals surface area contributed by atoms with Crippen molar-refractivity contribution in [2.75, 3.05) is 7.11 Å². The summed E-state index contributed by atoms with van der Waals surface area (Å²) in [5.41, 5.74) is 5.41. The number of urea groups is 1. The zero-order valence-electron chi connectivity index (χ0n) is 19.9. The first-order valence-electron chi connectivity index (χ1n) is 11.4. The molecule has 2 heterocycles. The number of nitrogens with one attached hydrogen (secondary N) is 1. The monoisotopic (exact) mass is 466 g/mol. The molecule has 0 saturated heterocycles. The largest absolute Gasteiger partial charge is 0.497 e. The molecule has 1 atom stereocenters. The average molecular weight is 467 g/mol. The van der Waals surface area contributed by atoms with Crippen molar-refractivity contribution < 1.29 is 14.1 Å². The van der Waals surface area contributed by atoms with Gasteiger partial charge in [-0.1, -0.05) is 71.9 Å². The van der Waals surface area contributed by atoms with Crippen LogP contribution in [0.3, 0.4) is 0 Å². The van der Waals surface area contributed by atoms with Gasteiger partial charge in [-0.15, -0.1) is 0 Å². The number of hydrogen-bond acceptors (Lipinski definition) is 5. The molecule has 0 spiro atoms. The Hall–Kier alpha value is -4.39. The second-order valence-corrected chi connectivity index (χ2v) is 8.46. The van der Waals surface area contributed by atoms with Crippen LogP contribution in [0, 0.1) is 6.92 Å². The van der Waals surface area contributed by atoms with Crippen molar-refractivity contribution in [3.8, 4) is 17.1 Å². The van der Waals surface area contributed by atoms with Crippen molar-refractivity contribution in [2.24, 2.45) is 0 Å². The van der Waals surface area contributed by atoms with Gasteiger partial charge in [0.05, 0.1) is 25.3 Å². The quantitative estimate of drug-likeness (QED) is 0.391. The fourth-order valence-corrected chi connectivity index (χ4v) is 4.32. The number of aryl methyl sites for hydroxylation is 1. The number of rotatable bonds is 6. The molecule has 1 N–H and O–H groups in total. The van der Waals surface area contributed by atoms with Gasteiger partial charge in [0.2, 0.25) is 5.82 Å². The lowest BCUT2D eigenvalue weighted by Crippen LogP contribution is -2.45. The van der Waals surface area contributed by atoms with Crippen LogP contribution in [0.1, 0.15) is 35.5 Å². The van der Waals surface area contributed by atoms with Crippen LogP contribution in [0.25, 0.3) is 17.0 Å². The van der Waals surface area contributed by atoms with Gasteiger partial charge < -0.3 is 14.6 Å². The standard InChI is InChI=1S/C28H26N4O3/c1-18-10-7-8-13-22(18)17-32-19(2)24(27-30-26(31-35-27)20-11-5-4-6-12-20)25(29-28(32)33)21-14-9-15-23(16-21)34-3/h4-16,25H,17H2,1-3H3,(H,29,33). The Morgan fingerprint density at radius 2 is 1.77 bits per heavy atom. The lowest BCUT2D eigenvalue weighted by Gasteiger charge is -2.35. The molecule has 2 amide bonds. The first-order valence-corrected chi connectivity index (χ1v) is 11.4. The van der Waals surface area contributed by atoms with E-state index >= 15 is 0 Å². The number of amides is 2. The number of nitrogens with zero attached hydrogens (tertiary/aromatic N) is 3. The highest BCUT2D eigenvalue weighted by Crippen LogP contribution is 2.38. The number of methoxy groups -OCH3 is 1. The Morgan fingerprint density at radius 3 is 2.54 bits per heavy atom. The number of allylic oxidation sites excluding steroid dienone is 1. The smallest absolute Gasteiger partial charge is 0.322 e. The maximum absolute atomic E-state index is 13.3. The van der Waals surface area contributed by atoms with Gasteiger partial charge >= 0.3 is 6.03 Å². The van der Waals surface area contributed by atoms with Gasteiger partial charge in [-0.3, -0.25) is 4.90 Å². The van der Waals surface area contributed by atoms with Crippen LogP contribution in [0.4, 0.5) is 4.79 Å². The summed E-state index contributed by atoms with van der Waals surface area (Å²) >= 11 is 0. The van der Waals surface area contributed by atoms with Crippen LogP contribution in [0.2, 0.25) is 0 Å². The molecule has 5 rings (SSSR count). The van der Waals surface area contributed by atoms with Gasteiger partial charge in [-0.2, -0.15) is 4.98 Å². The number of carbonyl (C=O) groups excluding carboxylic acids is 1. The molecule has 35 heavy (non-hydrogen) atoms. The summed E-state index contributed by atoms with van der Waals surface area (Å²) in [6.45, 7) is 4.39. The Morgan fingerprint density at radius 1 is 1.00 bits per heavy atom. The highest BCUT2D eigenvalue weighted by atomic mass is 16.5. The van der Waals surface area contributed by atoms with Crippen LogP contribution in [0.5, 0.6) is 5.75 Å². The summed E-state index contributed by atoms with van der Waals surface area (Å²) in [5.74, 6) is 1.56. The third-order valence-electron chi connectivity index (χ3n) is 6.30. The molecule has 0 saturated carbocycles.